The number of carbonyl (C=O) groups excluding carboxylic acids is 1. The van der Waals surface area contributed by atoms with E-state index in [9.17, 15) is 14.9 Å². The third-order valence-electron chi connectivity index (χ3n) is 4.44. The molecule has 152 valence electrons. The molecule has 2 aromatic carbocycles. The molecule has 1 aliphatic heterocycles. The van der Waals surface area contributed by atoms with Gasteiger partial charge in [-0.05, 0) is 42.9 Å². The maximum Gasteiger partial charge on any atom is 0.270 e. The second-order valence-corrected chi connectivity index (χ2v) is 7.25. The largest absolute Gasteiger partial charge is 0.378 e. The molecule has 1 saturated heterocycles. The molecule has 1 fully saturated rings. The predicted molar refractivity (Wildman–Crippen MR) is 116 cm³/mol. The molecule has 1 amide bonds. The van der Waals surface area contributed by atoms with Gasteiger partial charge in [0.1, 0.15) is 0 Å². The van der Waals surface area contributed by atoms with Crippen LogP contribution in [0.4, 0.5) is 17.1 Å². The van der Waals surface area contributed by atoms with Crippen molar-refractivity contribution in [2.75, 3.05) is 36.5 Å². The Hall–Kier alpha value is -2.75. The zero-order valence-corrected chi connectivity index (χ0v) is 17.2. The van der Waals surface area contributed by atoms with Gasteiger partial charge < -0.3 is 15.0 Å². The molecule has 0 aromatic heterocycles. The van der Waals surface area contributed by atoms with Crippen LogP contribution in [0.15, 0.2) is 36.4 Å². The Morgan fingerprint density at radius 3 is 2.62 bits per heavy atom. The summed E-state index contributed by atoms with van der Waals surface area (Å²) in [6.07, 6.45) is 0. The zero-order valence-electron chi connectivity index (χ0n) is 15.6. The maximum atomic E-state index is 12.9. The molecule has 3 rings (SSSR count). The van der Waals surface area contributed by atoms with E-state index in [0.717, 1.165) is 5.56 Å². The molecule has 29 heavy (non-hydrogen) atoms. The number of thiocarbonyl (C=S) groups is 1. The molecule has 0 unspecified atom stereocenters. The van der Waals surface area contributed by atoms with Crippen LogP contribution in [0.3, 0.4) is 0 Å². The van der Waals surface area contributed by atoms with Crippen LogP contribution < -0.4 is 15.5 Å². The molecular formula is C19H19ClN4O4S. The average molecular weight is 435 g/mol. The van der Waals surface area contributed by atoms with Crippen LogP contribution >= 0.6 is 23.8 Å². The van der Waals surface area contributed by atoms with Gasteiger partial charge in [0.15, 0.2) is 5.11 Å². The Morgan fingerprint density at radius 2 is 1.97 bits per heavy atom. The number of nitrogens with zero attached hydrogens (tertiary/aromatic N) is 2. The molecule has 1 heterocycles. The fourth-order valence-corrected chi connectivity index (χ4v) is 3.29. The van der Waals surface area contributed by atoms with E-state index in [1.165, 1.54) is 12.1 Å². The monoisotopic (exact) mass is 434 g/mol. The zero-order chi connectivity index (χ0) is 21.0. The van der Waals surface area contributed by atoms with Crippen LogP contribution in [0.2, 0.25) is 5.02 Å². The maximum absolute atomic E-state index is 12.9. The summed E-state index contributed by atoms with van der Waals surface area (Å²) >= 11 is 11.3. The number of nitrogens with one attached hydrogen (secondary N) is 2. The number of morpholine rings is 1. The van der Waals surface area contributed by atoms with E-state index in [1.807, 2.05) is 17.9 Å². The minimum atomic E-state index is -0.537. The van der Waals surface area contributed by atoms with Crippen molar-refractivity contribution in [2.45, 2.75) is 6.92 Å². The summed E-state index contributed by atoms with van der Waals surface area (Å²) in [4.78, 5) is 25.5. The van der Waals surface area contributed by atoms with Gasteiger partial charge in [-0.25, -0.2) is 0 Å². The first-order chi connectivity index (χ1) is 13.8. The first-order valence-corrected chi connectivity index (χ1v) is 9.63. The van der Waals surface area contributed by atoms with Crippen molar-refractivity contribution in [1.29, 1.82) is 0 Å². The molecule has 0 aliphatic carbocycles. The predicted octanol–water partition coefficient (Wildman–Crippen LogP) is 3.52. The van der Waals surface area contributed by atoms with Crippen LogP contribution in [-0.2, 0) is 4.74 Å². The SMILES string of the molecule is Cc1ccc(NC(=S)NC(=O)c2cc([N+](=O)[O-])ccc2N2CCOCC2)cc1Cl. The third kappa shape index (κ3) is 5.20. The first kappa shape index (κ1) is 21.0. The fourth-order valence-electron chi connectivity index (χ4n) is 2.90. The van der Waals surface area contributed by atoms with Crippen molar-refractivity contribution in [3.63, 3.8) is 0 Å². The number of non-ortho nitro benzene ring substituents is 1. The summed E-state index contributed by atoms with van der Waals surface area (Å²) in [5, 5.41) is 17.3. The number of benzene rings is 2. The molecule has 1 aliphatic rings. The first-order valence-electron chi connectivity index (χ1n) is 8.85. The normalized spacial score (nSPS) is 13.7. The lowest BCUT2D eigenvalue weighted by atomic mass is 10.1. The second-order valence-electron chi connectivity index (χ2n) is 6.43. The van der Waals surface area contributed by atoms with E-state index in [2.05, 4.69) is 10.6 Å². The lowest BCUT2D eigenvalue weighted by molar-refractivity contribution is -0.384. The van der Waals surface area contributed by atoms with E-state index >= 15 is 0 Å². The van der Waals surface area contributed by atoms with Gasteiger partial charge >= 0.3 is 0 Å². The quantitative estimate of drug-likeness (QED) is 0.431. The van der Waals surface area contributed by atoms with Crippen LogP contribution in [-0.4, -0.2) is 42.2 Å². The topological polar surface area (TPSA) is 96.7 Å². The van der Waals surface area contributed by atoms with Gasteiger partial charge in [0.05, 0.1) is 29.4 Å². The van der Waals surface area contributed by atoms with E-state index in [4.69, 9.17) is 28.6 Å². The van der Waals surface area contributed by atoms with Gasteiger partial charge in [0.25, 0.3) is 11.6 Å². The number of anilines is 2. The number of ether oxygens (including phenoxy) is 1. The second kappa shape index (κ2) is 9.17. The van der Waals surface area contributed by atoms with Gasteiger partial charge in [0, 0.05) is 35.9 Å². The number of amides is 1. The number of halogens is 1. The Labute approximate surface area is 177 Å². The number of rotatable bonds is 4. The summed E-state index contributed by atoms with van der Waals surface area (Å²) in [5.74, 6) is -0.536. The van der Waals surface area contributed by atoms with E-state index in [-0.39, 0.29) is 16.4 Å². The van der Waals surface area contributed by atoms with Gasteiger partial charge in [-0.2, -0.15) is 0 Å². The molecule has 10 heteroatoms. The average Bonchev–Trinajstić information content (AvgIpc) is 2.70. The van der Waals surface area contributed by atoms with Crippen molar-refractivity contribution in [3.05, 3.63) is 62.7 Å². The van der Waals surface area contributed by atoms with Crippen molar-refractivity contribution in [3.8, 4) is 0 Å². The number of nitro groups is 1. The Kier molecular flexibility index (Phi) is 6.63. The highest BCUT2D eigenvalue weighted by molar-refractivity contribution is 7.80. The number of carbonyl (C=O) groups is 1. The van der Waals surface area contributed by atoms with Crippen molar-refractivity contribution in [1.82, 2.24) is 5.32 Å². The highest BCUT2D eigenvalue weighted by Crippen LogP contribution is 2.26. The minimum Gasteiger partial charge on any atom is -0.378 e. The van der Waals surface area contributed by atoms with E-state index < -0.39 is 10.8 Å². The molecule has 0 saturated carbocycles. The van der Waals surface area contributed by atoms with Gasteiger partial charge in [-0.3, -0.25) is 20.2 Å². The molecule has 2 aromatic rings. The summed E-state index contributed by atoms with van der Waals surface area (Å²) in [5.41, 5.74) is 2.14. The minimum absolute atomic E-state index is 0.0642. The number of hydrogen-bond donors (Lipinski definition) is 2. The van der Waals surface area contributed by atoms with Crippen LogP contribution in [0.25, 0.3) is 0 Å². The third-order valence-corrected chi connectivity index (χ3v) is 5.06. The molecule has 0 radical (unpaired) electrons. The van der Waals surface area contributed by atoms with Gasteiger partial charge in [-0.1, -0.05) is 17.7 Å². The highest BCUT2D eigenvalue weighted by atomic mass is 35.5. The number of aryl methyl sites for hydroxylation is 1. The fraction of sp³-hybridized carbons (Fsp3) is 0.263. The Morgan fingerprint density at radius 1 is 1.24 bits per heavy atom. The smallest absolute Gasteiger partial charge is 0.270 e. The van der Waals surface area contributed by atoms with Crippen LogP contribution in [0, 0.1) is 17.0 Å². The molecular weight excluding hydrogens is 416 g/mol. The molecule has 0 spiro atoms. The summed E-state index contributed by atoms with van der Waals surface area (Å²) in [6.45, 7) is 4.09. The van der Waals surface area contributed by atoms with E-state index in [0.29, 0.717) is 42.7 Å². The van der Waals surface area contributed by atoms with Crippen molar-refractivity contribution < 1.29 is 14.5 Å². The molecule has 2 N–H and O–H groups in total. The van der Waals surface area contributed by atoms with E-state index in [1.54, 1.807) is 18.2 Å². The standard InChI is InChI=1S/C19H19ClN4O4S/c1-12-2-3-13(10-16(12)20)21-19(29)22-18(25)15-11-14(24(26)27)4-5-17(15)23-6-8-28-9-7-23/h2-5,10-11H,6-9H2,1H3,(H2,21,22,25,29). The van der Waals surface area contributed by atoms with Gasteiger partial charge in [0.2, 0.25) is 0 Å². The lowest BCUT2D eigenvalue weighted by Gasteiger charge is -2.30. The highest BCUT2D eigenvalue weighted by Gasteiger charge is 2.22. The van der Waals surface area contributed by atoms with Gasteiger partial charge in [-0.15, -0.1) is 0 Å². The molecule has 8 nitrogen and oxygen atoms in total. The molecule has 0 bridgehead atoms. The Balaban J connectivity index is 1.80. The number of hydrogen-bond acceptors (Lipinski definition) is 6. The van der Waals surface area contributed by atoms with Crippen LogP contribution in [0.5, 0.6) is 0 Å². The molecule has 0 atom stereocenters. The lowest BCUT2D eigenvalue weighted by Crippen LogP contribution is -2.39. The summed E-state index contributed by atoms with van der Waals surface area (Å²) < 4.78 is 5.34. The number of nitro benzene ring substituents is 1. The van der Waals surface area contributed by atoms with Crippen molar-refractivity contribution >= 4 is 51.9 Å². The van der Waals surface area contributed by atoms with Crippen LogP contribution in [0.1, 0.15) is 15.9 Å². The summed E-state index contributed by atoms with van der Waals surface area (Å²) in [6, 6.07) is 9.52. The summed E-state index contributed by atoms with van der Waals surface area (Å²) in [7, 11) is 0. The van der Waals surface area contributed by atoms with Crippen molar-refractivity contribution in [2.24, 2.45) is 0 Å². The Bertz CT molecular complexity index is 963.